The third-order valence-electron chi connectivity index (χ3n) is 3.32. The second kappa shape index (κ2) is 6.99. The van der Waals surface area contributed by atoms with E-state index in [1.54, 1.807) is 0 Å². The van der Waals surface area contributed by atoms with Gasteiger partial charge >= 0.3 is 0 Å². The van der Waals surface area contributed by atoms with Crippen molar-refractivity contribution in [2.24, 2.45) is 0 Å². The molecular weight excluding hydrogens is 319 g/mol. The van der Waals surface area contributed by atoms with Crippen LogP contribution in [0, 0.1) is 0 Å². The summed E-state index contributed by atoms with van der Waals surface area (Å²) in [6.07, 6.45) is 1.83. The molecule has 2 rings (SSSR count). The van der Waals surface area contributed by atoms with Crippen LogP contribution >= 0.6 is 34.8 Å². The molecule has 20 heavy (non-hydrogen) atoms. The van der Waals surface area contributed by atoms with Gasteiger partial charge < -0.3 is 5.32 Å². The van der Waals surface area contributed by atoms with Crippen molar-refractivity contribution in [3.8, 4) is 0 Å². The van der Waals surface area contributed by atoms with Crippen molar-refractivity contribution in [2.45, 2.75) is 29.2 Å². The quantitative estimate of drug-likeness (QED) is 0.857. The van der Waals surface area contributed by atoms with Crippen LogP contribution in [0.2, 0.25) is 0 Å². The maximum absolute atomic E-state index is 12.1. The predicted octanol–water partition coefficient (Wildman–Crippen LogP) is 3.14. The minimum absolute atomic E-state index is 0.139. The van der Waals surface area contributed by atoms with Crippen molar-refractivity contribution < 1.29 is 4.79 Å². The molecule has 1 amide bonds. The van der Waals surface area contributed by atoms with E-state index >= 15 is 0 Å². The molecule has 1 aliphatic rings. The van der Waals surface area contributed by atoms with Crippen LogP contribution in [-0.2, 0) is 11.2 Å². The van der Waals surface area contributed by atoms with Gasteiger partial charge in [-0.25, -0.2) is 0 Å². The normalized spacial score (nSPS) is 17.9. The molecule has 1 heterocycles. The summed E-state index contributed by atoms with van der Waals surface area (Å²) in [5.74, 6) is -0.139. The van der Waals surface area contributed by atoms with Gasteiger partial charge in [0.25, 0.3) is 0 Å². The van der Waals surface area contributed by atoms with Crippen LogP contribution < -0.4 is 5.32 Å². The highest BCUT2D eigenvalue weighted by atomic mass is 35.6. The van der Waals surface area contributed by atoms with E-state index in [4.69, 9.17) is 34.8 Å². The Morgan fingerprint density at radius 3 is 2.35 bits per heavy atom. The number of amides is 1. The molecule has 0 radical (unpaired) electrons. The number of nitrogens with one attached hydrogen (secondary N) is 1. The number of likely N-dealkylation sites (tertiary alicyclic amines) is 1. The van der Waals surface area contributed by atoms with E-state index in [1.165, 1.54) is 0 Å². The number of hydrogen-bond acceptors (Lipinski definition) is 2. The molecule has 0 aliphatic carbocycles. The lowest BCUT2D eigenvalue weighted by Gasteiger charge is -2.33. The molecule has 6 heteroatoms. The van der Waals surface area contributed by atoms with Gasteiger partial charge in [-0.3, -0.25) is 9.69 Å². The first-order valence-corrected chi connectivity index (χ1v) is 7.74. The van der Waals surface area contributed by atoms with E-state index in [-0.39, 0.29) is 12.3 Å². The van der Waals surface area contributed by atoms with Gasteiger partial charge in [-0.15, -0.1) is 0 Å². The molecule has 1 saturated heterocycles. The van der Waals surface area contributed by atoms with E-state index in [1.807, 2.05) is 35.2 Å². The van der Waals surface area contributed by atoms with Crippen molar-refractivity contribution in [1.82, 2.24) is 10.2 Å². The Balaban J connectivity index is 1.98. The zero-order chi connectivity index (χ0) is 14.6. The molecule has 1 atom stereocenters. The predicted molar refractivity (Wildman–Crippen MR) is 83.2 cm³/mol. The Morgan fingerprint density at radius 1 is 1.20 bits per heavy atom. The van der Waals surface area contributed by atoms with E-state index in [2.05, 4.69) is 5.32 Å². The van der Waals surface area contributed by atoms with Crippen LogP contribution in [0.5, 0.6) is 0 Å². The first-order chi connectivity index (χ1) is 9.47. The Kier molecular flexibility index (Phi) is 5.56. The molecule has 1 aromatic rings. The fraction of sp³-hybridized carbons (Fsp3) is 0.500. The molecule has 0 saturated carbocycles. The number of halogens is 3. The minimum Gasteiger partial charge on any atom is -0.336 e. The van der Waals surface area contributed by atoms with Crippen molar-refractivity contribution in [1.29, 1.82) is 0 Å². The molecule has 1 aliphatic heterocycles. The molecule has 0 unspecified atom stereocenters. The average molecular weight is 336 g/mol. The lowest BCUT2D eigenvalue weighted by Crippen LogP contribution is -2.54. The highest BCUT2D eigenvalue weighted by Gasteiger charge is 2.39. The van der Waals surface area contributed by atoms with Crippen LogP contribution in [0.1, 0.15) is 18.4 Å². The molecule has 1 N–H and O–H groups in total. The summed E-state index contributed by atoms with van der Waals surface area (Å²) in [6, 6.07) is 9.51. The second-order valence-electron chi connectivity index (χ2n) is 4.92. The van der Waals surface area contributed by atoms with Gasteiger partial charge in [0, 0.05) is 13.1 Å². The Hall–Kier alpha value is -0.480. The lowest BCUT2D eigenvalue weighted by molar-refractivity contribution is -0.122. The van der Waals surface area contributed by atoms with Gasteiger partial charge in [0.2, 0.25) is 9.70 Å². The zero-order valence-corrected chi connectivity index (χ0v) is 13.3. The van der Waals surface area contributed by atoms with Crippen molar-refractivity contribution >= 4 is 40.7 Å². The maximum Gasteiger partial charge on any atom is 0.225 e. The average Bonchev–Trinajstić information content (AvgIpc) is 2.89. The monoisotopic (exact) mass is 334 g/mol. The summed E-state index contributed by atoms with van der Waals surface area (Å²) >= 11 is 18.0. The fourth-order valence-electron chi connectivity index (χ4n) is 2.36. The zero-order valence-electron chi connectivity index (χ0n) is 11.0. The molecule has 0 aromatic heterocycles. The van der Waals surface area contributed by atoms with E-state index < -0.39 is 9.96 Å². The number of hydrogen-bond donors (Lipinski definition) is 1. The third-order valence-corrected chi connectivity index (χ3v) is 3.94. The first-order valence-electron chi connectivity index (χ1n) is 6.61. The van der Waals surface area contributed by atoms with E-state index in [0.29, 0.717) is 0 Å². The largest absolute Gasteiger partial charge is 0.336 e. The van der Waals surface area contributed by atoms with Crippen LogP contribution in [0.25, 0.3) is 0 Å². The number of carbonyl (C=O) groups excluding carboxylic acids is 1. The molecule has 0 bridgehead atoms. The lowest BCUT2D eigenvalue weighted by atomic mass is 10.1. The molecule has 0 spiro atoms. The third kappa shape index (κ3) is 4.52. The van der Waals surface area contributed by atoms with Gasteiger partial charge in [-0.2, -0.15) is 0 Å². The molecule has 110 valence electrons. The Labute approximate surface area is 134 Å². The number of nitrogens with zero attached hydrogens (tertiary/aromatic N) is 1. The number of carbonyl (C=O) groups is 1. The second-order valence-corrected chi connectivity index (χ2v) is 7.29. The van der Waals surface area contributed by atoms with Crippen LogP contribution in [-0.4, -0.2) is 33.9 Å². The highest BCUT2D eigenvalue weighted by molar-refractivity contribution is 6.68. The van der Waals surface area contributed by atoms with Crippen LogP contribution in [0.3, 0.4) is 0 Å². The SMILES string of the molecule is O=C(Cc1ccccc1)N[C@H](N1CCCC1)C(Cl)(Cl)Cl. The summed E-state index contributed by atoms with van der Waals surface area (Å²) in [6.45, 7) is 1.67. The maximum atomic E-state index is 12.1. The van der Waals surface area contributed by atoms with Gasteiger partial charge in [0.15, 0.2) is 0 Å². The van der Waals surface area contributed by atoms with Gasteiger partial charge in [-0.05, 0) is 18.4 Å². The number of alkyl halides is 3. The topological polar surface area (TPSA) is 32.3 Å². The summed E-state index contributed by atoms with van der Waals surface area (Å²) in [4.78, 5) is 14.1. The number of rotatable bonds is 4. The minimum atomic E-state index is -1.53. The molecule has 1 fully saturated rings. The smallest absolute Gasteiger partial charge is 0.225 e. The van der Waals surface area contributed by atoms with Crippen molar-refractivity contribution in [3.05, 3.63) is 35.9 Å². The summed E-state index contributed by atoms with van der Waals surface area (Å²) in [5, 5.41) is 2.84. The van der Waals surface area contributed by atoms with Crippen molar-refractivity contribution in [2.75, 3.05) is 13.1 Å². The van der Waals surface area contributed by atoms with E-state index in [9.17, 15) is 4.79 Å². The fourth-order valence-corrected chi connectivity index (χ4v) is 2.94. The van der Waals surface area contributed by atoms with Gasteiger partial charge in [0.05, 0.1) is 6.42 Å². The van der Waals surface area contributed by atoms with E-state index in [0.717, 1.165) is 31.5 Å². The van der Waals surface area contributed by atoms with Crippen molar-refractivity contribution in [3.63, 3.8) is 0 Å². The first kappa shape index (κ1) is 15.9. The highest BCUT2D eigenvalue weighted by Crippen LogP contribution is 2.33. The molecule has 1 aromatic carbocycles. The standard InChI is InChI=1S/C14H17Cl3N2O/c15-14(16,17)13(19-8-4-5-9-19)18-12(20)10-11-6-2-1-3-7-11/h1-3,6-7,13H,4-5,8-10H2,(H,18,20)/t13-/m1/s1. The summed E-state index contributed by atoms with van der Waals surface area (Å²) < 4.78 is -1.53. The number of benzene rings is 1. The molecule has 3 nitrogen and oxygen atoms in total. The Morgan fingerprint density at radius 2 is 1.80 bits per heavy atom. The summed E-state index contributed by atoms with van der Waals surface area (Å²) in [7, 11) is 0. The van der Waals surface area contributed by atoms with Gasteiger partial charge in [0.1, 0.15) is 6.17 Å². The van der Waals surface area contributed by atoms with Crippen LogP contribution in [0.15, 0.2) is 30.3 Å². The molecular formula is C14H17Cl3N2O. The van der Waals surface area contributed by atoms with Crippen LogP contribution in [0.4, 0.5) is 0 Å². The van der Waals surface area contributed by atoms with Gasteiger partial charge in [-0.1, -0.05) is 65.1 Å². The Bertz CT molecular complexity index is 441. The summed E-state index contributed by atoms with van der Waals surface area (Å²) in [5.41, 5.74) is 0.939.